The summed E-state index contributed by atoms with van der Waals surface area (Å²) in [5.74, 6) is -1.18. The Kier molecular flexibility index (Phi) is 9.04. The zero-order valence-electron chi connectivity index (χ0n) is 22.3. The molecule has 0 bridgehead atoms. The zero-order valence-corrected chi connectivity index (χ0v) is 27.2. The third-order valence-electron chi connectivity index (χ3n) is 7.26. The van der Waals surface area contributed by atoms with Gasteiger partial charge in [-0.1, -0.05) is 48.5 Å². The summed E-state index contributed by atoms with van der Waals surface area (Å²) in [5.41, 5.74) is 2.16. The van der Waals surface area contributed by atoms with E-state index in [2.05, 4.69) is 5.32 Å². The minimum Gasteiger partial charge on any atom is -0.661 e. The van der Waals surface area contributed by atoms with Crippen molar-refractivity contribution in [3.8, 4) is 0 Å². The summed E-state index contributed by atoms with van der Waals surface area (Å²) in [6, 6.07) is 21.9. The van der Waals surface area contributed by atoms with Gasteiger partial charge < -0.3 is 10.1 Å². The fourth-order valence-electron chi connectivity index (χ4n) is 5.39. The van der Waals surface area contributed by atoms with Crippen LogP contribution in [-0.4, -0.2) is 72.8 Å². The monoisotopic (exact) mass is 605 g/mol. The maximum Gasteiger partial charge on any atom is 1.00 e. The number of hydrogen-bond donors (Lipinski definition) is 0. The molecular weight excluding hydrogens is 580 g/mol. The van der Waals surface area contributed by atoms with Gasteiger partial charge in [0.1, 0.15) is 0 Å². The van der Waals surface area contributed by atoms with Crippen LogP contribution in [0.2, 0.25) is 0 Å². The van der Waals surface area contributed by atoms with Crippen LogP contribution in [0.5, 0.6) is 0 Å². The Morgan fingerprint density at radius 2 is 0.975 bits per heavy atom. The van der Waals surface area contributed by atoms with E-state index in [0.717, 1.165) is 16.2 Å². The molecule has 2 heterocycles. The van der Waals surface area contributed by atoms with Crippen molar-refractivity contribution in [1.29, 1.82) is 0 Å². The number of rotatable bonds is 10. The van der Waals surface area contributed by atoms with Crippen LogP contribution < -0.4 is 58.2 Å². The third-order valence-corrected chi connectivity index (χ3v) is 7.26. The first-order valence-corrected chi connectivity index (χ1v) is 13.0. The Hall–Kier alpha value is -2.59. The Bertz CT molecular complexity index is 1430. The van der Waals surface area contributed by atoms with Crippen molar-refractivity contribution >= 4 is 45.2 Å². The van der Waals surface area contributed by atoms with E-state index in [0.29, 0.717) is 53.8 Å². The van der Waals surface area contributed by atoms with E-state index in [1.54, 1.807) is 24.3 Å². The van der Waals surface area contributed by atoms with Crippen LogP contribution in [0.1, 0.15) is 47.9 Å². The Balaban J connectivity index is 0.00000323. The van der Waals surface area contributed by atoms with Gasteiger partial charge in [-0.05, 0) is 41.5 Å². The minimum absolute atomic E-state index is 0. The van der Waals surface area contributed by atoms with Gasteiger partial charge >= 0.3 is 58.2 Å². The van der Waals surface area contributed by atoms with Gasteiger partial charge in [0.15, 0.2) is 0 Å². The average molecular weight is 606 g/mol. The molecule has 8 nitrogen and oxygen atoms in total. The van der Waals surface area contributed by atoms with Crippen LogP contribution in [0.3, 0.4) is 0 Å². The van der Waals surface area contributed by atoms with Crippen LogP contribution >= 0.6 is 0 Å². The normalized spacial score (nSPS) is 14.3. The van der Waals surface area contributed by atoms with Gasteiger partial charge in [-0.2, -0.15) is 0 Å². The summed E-state index contributed by atoms with van der Waals surface area (Å²) in [6.45, 7) is 1.90. The van der Waals surface area contributed by atoms with Gasteiger partial charge in [-0.3, -0.25) is 29.0 Å². The van der Waals surface area contributed by atoms with Gasteiger partial charge in [0, 0.05) is 46.2 Å². The van der Waals surface area contributed by atoms with Crippen LogP contribution in [0.15, 0.2) is 72.8 Å². The molecule has 4 aromatic carbocycles. The number of hydrogen-bond acceptors (Lipinski definition) is 5. The Morgan fingerprint density at radius 3 is 1.43 bits per heavy atom. The Labute approximate surface area is 280 Å². The molecule has 4 amide bonds. The van der Waals surface area contributed by atoms with Crippen molar-refractivity contribution < 1.29 is 82.1 Å². The predicted octanol–water partition coefficient (Wildman–Crippen LogP) is 1.67. The van der Waals surface area contributed by atoms with Crippen molar-refractivity contribution in [3.63, 3.8) is 0 Å². The van der Waals surface area contributed by atoms with Crippen LogP contribution in [-0.2, 0) is 4.74 Å². The second-order valence-corrected chi connectivity index (χ2v) is 9.58. The number of amides is 4. The van der Waals surface area contributed by atoms with E-state index < -0.39 is 0 Å². The molecule has 0 spiro atoms. The molecule has 6 rings (SSSR count). The molecule has 0 fully saturated rings. The van der Waals surface area contributed by atoms with Crippen LogP contribution in [0, 0.1) is 0 Å². The number of carbonyl (C=O) groups excluding carboxylic acids is 4. The van der Waals surface area contributed by atoms with E-state index in [9.17, 15) is 19.2 Å². The maximum atomic E-state index is 12.9. The number of benzene rings is 4. The van der Waals surface area contributed by atoms with Gasteiger partial charge in [0.25, 0.3) is 23.6 Å². The summed E-state index contributed by atoms with van der Waals surface area (Å²) in [5, 5.41) is 7.64. The van der Waals surface area contributed by atoms with Crippen LogP contribution in [0.4, 0.5) is 0 Å². The van der Waals surface area contributed by atoms with Gasteiger partial charge in [0.05, 0.1) is 13.2 Å². The molecule has 0 radical (unpaired) electrons. The van der Waals surface area contributed by atoms with Gasteiger partial charge in [-0.15, -0.1) is 13.1 Å². The van der Waals surface area contributed by atoms with E-state index in [1.807, 2.05) is 48.5 Å². The third kappa shape index (κ3) is 5.24. The number of imide groups is 2. The summed E-state index contributed by atoms with van der Waals surface area (Å²) in [6.07, 6.45) is 0.647. The van der Waals surface area contributed by atoms with Crippen LogP contribution in [0.25, 0.3) is 26.9 Å². The van der Waals surface area contributed by atoms with E-state index in [4.69, 9.17) is 4.74 Å². The average Bonchev–Trinajstić information content (AvgIpc) is 2.96. The maximum absolute atomic E-state index is 12.9. The van der Waals surface area contributed by atoms with E-state index in [1.165, 1.54) is 9.80 Å². The van der Waals surface area contributed by atoms with Crippen molar-refractivity contribution in [2.24, 2.45) is 0 Å². The summed E-state index contributed by atoms with van der Waals surface area (Å²) in [7, 11) is 0. The second-order valence-electron chi connectivity index (χ2n) is 9.58. The molecule has 0 saturated heterocycles. The van der Waals surface area contributed by atoms with Crippen molar-refractivity contribution in [2.45, 2.75) is 6.42 Å². The molecule has 0 saturated carbocycles. The largest absolute Gasteiger partial charge is 1.00 e. The van der Waals surface area contributed by atoms with Gasteiger partial charge in [0.2, 0.25) is 0 Å². The fourth-order valence-corrected chi connectivity index (χ4v) is 5.39. The molecule has 0 N–H and O–H groups in total. The number of nitrogens with zero attached hydrogens (tertiary/aromatic N) is 3. The molecule has 2 aliphatic heterocycles. The molecule has 40 heavy (non-hydrogen) atoms. The first-order chi connectivity index (χ1) is 19.1. The molecular formula is C31H26N3O5Rb. The number of ether oxygens (including phenoxy) is 1. The summed E-state index contributed by atoms with van der Waals surface area (Å²) >= 11 is 0. The molecule has 9 heteroatoms. The summed E-state index contributed by atoms with van der Waals surface area (Å²) < 4.78 is 5.67. The first kappa shape index (κ1) is 28.9. The first-order valence-electron chi connectivity index (χ1n) is 13.0. The predicted molar refractivity (Wildman–Crippen MR) is 147 cm³/mol. The molecule has 0 aromatic heterocycles. The fraction of sp³-hybridized carbons (Fsp3) is 0.226. The molecule has 0 atom stereocenters. The van der Waals surface area contributed by atoms with Crippen molar-refractivity contribution in [3.05, 3.63) is 100 Å². The number of carbonyl (C=O) groups is 4. The second kappa shape index (κ2) is 12.5. The van der Waals surface area contributed by atoms with E-state index >= 15 is 0 Å². The molecule has 4 aromatic rings. The molecule has 2 aliphatic rings. The zero-order chi connectivity index (χ0) is 26.9. The van der Waals surface area contributed by atoms with Gasteiger partial charge in [-0.25, -0.2) is 0 Å². The molecule has 0 aliphatic carbocycles. The Morgan fingerprint density at radius 1 is 0.550 bits per heavy atom. The van der Waals surface area contributed by atoms with E-state index in [-0.39, 0.29) is 102 Å². The van der Waals surface area contributed by atoms with Crippen molar-refractivity contribution in [2.75, 3.05) is 39.4 Å². The quantitative estimate of drug-likeness (QED) is 0.202. The summed E-state index contributed by atoms with van der Waals surface area (Å²) in [4.78, 5) is 54.3. The molecule has 0 unspecified atom stereocenters. The smallest absolute Gasteiger partial charge is 0.661 e. The topological polar surface area (TPSA) is 98.1 Å². The standard InChI is InChI=1S/C31H26N3O5.Rb/c35-28-22-10-1-6-20-7-2-11-23(26(20)22)29(36)33(28)16-15-32-14-5-18-39-19-17-34-30(37)24-12-3-8-21-9-4-13-25(27(21)24)31(34)38;/h1-4,6-13H,5,14-19H2;/q-1;+1. The minimum atomic E-state index is -0.302. The SMILES string of the molecule is O=C1c2cccc3cccc(c23)C(=O)N1CC[N-]CCCOCCN1C(=O)c2cccc3cccc(c23)C1=O.[Rb+]. The molecule has 196 valence electrons. The van der Waals surface area contributed by atoms with Crippen molar-refractivity contribution in [1.82, 2.24) is 9.80 Å².